The van der Waals surface area contributed by atoms with Crippen molar-refractivity contribution >= 4 is 5.78 Å². The summed E-state index contributed by atoms with van der Waals surface area (Å²) >= 11 is 0. The Morgan fingerprint density at radius 3 is 2.42 bits per heavy atom. The molecule has 0 unspecified atom stereocenters. The Labute approximate surface area is 193 Å². The first kappa shape index (κ1) is 22.5. The number of unbranched alkanes of at least 4 members (excludes halogenated alkanes) is 2. The fraction of sp³-hybridized carbons (Fsp3) is 0.360. The van der Waals surface area contributed by atoms with Crippen LogP contribution in [0.2, 0.25) is 0 Å². The highest BCUT2D eigenvalue weighted by molar-refractivity contribution is 5.92. The number of tetrazole rings is 1. The van der Waals surface area contributed by atoms with E-state index in [0.29, 0.717) is 24.6 Å². The van der Waals surface area contributed by atoms with E-state index in [1.54, 1.807) is 0 Å². The Morgan fingerprint density at radius 2 is 1.73 bits per heavy atom. The number of rotatable bonds is 11. The highest BCUT2D eigenvalue weighted by atomic mass is 16.1. The van der Waals surface area contributed by atoms with Gasteiger partial charge in [-0.25, -0.2) is 9.67 Å². The molecule has 4 rings (SSSR count). The van der Waals surface area contributed by atoms with Gasteiger partial charge in [0.1, 0.15) is 5.82 Å². The number of carbonyl (C=O) groups is 1. The van der Waals surface area contributed by atoms with Gasteiger partial charge in [-0.2, -0.15) is 5.21 Å². The maximum atomic E-state index is 12.5. The van der Waals surface area contributed by atoms with Crippen LogP contribution in [-0.2, 0) is 13.0 Å². The van der Waals surface area contributed by atoms with E-state index in [1.165, 1.54) is 0 Å². The number of H-pyrrole nitrogens is 1. The van der Waals surface area contributed by atoms with Gasteiger partial charge in [-0.1, -0.05) is 75.2 Å². The average molecular weight is 444 g/mol. The SMILES string of the molecule is CCCCC(=O)c1nc(CCCC)n(Cc2ccc(-c3ccccc3-c3nn[nH]n3)cc2)n1. The van der Waals surface area contributed by atoms with E-state index in [4.69, 9.17) is 0 Å². The molecule has 0 fully saturated rings. The van der Waals surface area contributed by atoms with Crippen LogP contribution < -0.4 is 0 Å². The molecule has 8 nitrogen and oxygen atoms in total. The Bertz CT molecular complexity index is 1180. The molecule has 2 aromatic heterocycles. The van der Waals surface area contributed by atoms with Crippen LogP contribution in [0.5, 0.6) is 0 Å². The summed E-state index contributed by atoms with van der Waals surface area (Å²) in [5.74, 6) is 1.82. The van der Waals surface area contributed by atoms with E-state index >= 15 is 0 Å². The van der Waals surface area contributed by atoms with Gasteiger partial charge >= 0.3 is 0 Å². The van der Waals surface area contributed by atoms with Crippen molar-refractivity contribution in [3.05, 3.63) is 65.7 Å². The molecule has 0 atom stereocenters. The van der Waals surface area contributed by atoms with E-state index in [9.17, 15) is 4.79 Å². The second-order valence-electron chi connectivity index (χ2n) is 8.12. The first-order valence-electron chi connectivity index (χ1n) is 11.6. The Hall–Kier alpha value is -3.68. The number of benzene rings is 2. The Kier molecular flexibility index (Phi) is 7.34. The number of hydrogen-bond acceptors (Lipinski definition) is 6. The minimum Gasteiger partial charge on any atom is -0.291 e. The molecular formula is C25H29N7O. The highest BCUT2D eigenvalue weighted by Gasteiger charge is 2.16. The summed E-state index contributed by atoms with van der Waals surface area (Å²) in [6, 6.07) is 16.4. The molecular weight excluding hydrogens is 414 g/mol. The van der Waals surface area contributed by atoms with Gasteiger partial charge in [-0.15, -0.1) is 15.3 Å². The number of aromatic amines is 1. The van der Waals surface area contributed by atoms with Crippen molar-refractivity contribution in [2.45, 2.75) is 58.9 Å². The topological polar surface area (TPSA) is 102 Å². The number of carbonyl (C=O) groups excluding carboxylic acids is 1. The smallest absolute Gasteiger partial charge is 0.217 e. The molecule has 0 spiro atoms. The van der Waals surface area contributed by atoms with Gasteiger partial charge in [-0.05, 0) is 34.7 Å². The number of ketones is 1. The van der Waals surface area contributed by atoms with Crippen molar-refractivity contribution in [3.8, 4) is 22.5 Å². The van der Waals surface area contributed by atoms with Crippen LogP contribution in [0.4, 0.5) is 0 Å². The zero-order valence-electron chi connectivity index (χ0n) is 19.2. The fourth-order valence-corrected chi connectivity index (χ4v) is 3.76. The summed E-state index contributed by atoms with van der Waals surface area (Å²) in [7, 11) is 0. The molecule has 2 heterocycles. The second kappa shape index (κ2) is 10.8. The summed E-state index contributed by atoms with van der Waals surface area (Å²) in [5, 5.41) is 19.0. The van der Waals surface area contributed by atoms with Gasteiger partial charge in [-0.3, -0.25) is 4.79 Å². The molecule has 0 saturated heterocycles. The molecule has 33 heavy (non-hydrogen) atoms. The lowest BCUT2D eigenvalue weighted by Gasteiger charge is -2.09. The van der Waals surface area contributed by atoms with Crippen molar-refractivity contribution < 1.29 is 4.79 Å². The summed E-state index contributed by atoms with van der Waals surface area (Å²) in [4.78, 5) is 17.1. The molecule has 0 aliphatic heterocycles. The van der Waals surface area contributed by atoms with Crippen LogP contribution in [0.25, 0.3) is 22.5 Å². The van der Waals surface area contributed by atoms with Gasteiger partial charge in [0.15, 0.2) is 0 Å². The molecule has 0 saturated carbocycles. The van der Waals surface area contributed by atoms with E-state index in [1.807, 2.05) is 22.9 Å². The lowest BCUT2D eigenvalue weighted by atomic mass is 9.98. The standard InChI is InChI=1S/C25H29N7O/c1-3-5-11-22(33)25-26-23(12-6-4-2)32(29-25)17-18-13-15-19(16-14-18)20-9-7-8-10-21(20)24-27-30-31-28-24/h7-10,13-16H,3-6,11-12,17H2,1-2H3,(H,27,28,30,31). The van der Waals surface area contributed by atoms with Crippen LogP contribution in [0.15, 0.2) is 48.5 Å². The van der Waals surface area contributed by atoms with Crippen molar-refractivity contribution in [1.29, 1.82) is 0 Å². The third-order valence-electron chi connectivity index (χ3n) is 5.62. The fourth-order valence-electron chi connectivity index (χ4n) is 3.76. The van der Waals surface area contributed by atoms with Crippen LogP contribution in [-0.4, -0.2) is 41.2 Å². The summed E-state index contributed by atoms with van der Waals surface area (Å²) in [5.41, 5.74) is 4.14. The first-order chi connectivity index (χ1) is 16.2. The molecule has 4 aromatic rings. The number of aryl methyl sites for hydroxylation is 1. The van der Waals surface area contributed by atoms with Crippen molar-refractivity contribution in [3.63, 3.8) is 0 Å². The van der Waals surface area contributed by atoms with E-state index < -0.39 is 0 Å². The molecule has 0 bridgehead atoms. The number of Topliss-reactive ketones (excluding diaryl/α,β-unsaturated/α-hetero) is 1. The first-order valence-corrected chi connectivity index (χ1v) is 11.6. The highest BCUT2D eigenvalue weighted by Crippen LogP contribution is 2.29. The molecule has 8 heteroatoms. The molecule has 0 aliphatic carbocycles. The van der Waals surface area contributed by atoms with Gasteiger partial charge in [0, 0.05) is 18.4 Å². The van der Waals surface area contributed by atoms with Crippen LogP contribution in [0.3, 0.4) is 0 Å². The predicted octanol–water partition coefficient (Wildman–Crippen LogP) is 4.89. The average Bonchev–Trinajstić information content (AvgIpc) is 3.52. The predicted molar refractivity (Wildman–Crippen MR) is 127 cm³/mol. The third-order valence-corrected chi connectivity index (χ3v) is 5.62. The number of nitrogens with one attached hydrogen (secondary N) is 1. The Morgan fingerprint density at radius 1 is 0.970 bits per heavy atom. The minimum atomic E-state index is 0.0294. The van der Waals surface area contributed by atoms with Crippen LogP contribution in [0, 0.1) is 0 Å². The van der Waals surface area contributed by atoms with Gasteiger partial charge in [0.2, 0.25) is 17.4 Å². The maximum absolute atomic E-state index is 12.5. The summed E-state index contributed by atoms with van der Waals surface area (Å²) in [6.45, 7) is 4.81. The lowest BCUT2D eigenvalue weighted by molar-refractivity contribution is 0.0969. The monoisotopic (exact) mass is 443 g/mol. The second-order valence-corrected chi connectivity index (χ2v) is 8.12. The lowest BCUT2D eigenvalue weighted by Crippen LogP contribution is -2.08. The number of aromatic nitrogens is 7. The molecule has 1 N–H and O–H groups in total. The van der Waals surface area contributed by atoms with Gasteiger partial charge in [0.05, 0.1) is 6.54 Å². The zero-order chi connectivity index (χ0) is 23.0. The minimum absolute atomic E-state index is 0.0294. The summed E-state index contributed by atoms with van der Waals surface area (Å²) in [6.07, 6.45) is 5.26. The van der Waals surface area contributed by atoms with Crippen LogP contribution in [0.1, 0.15) is 68.0 Å². The molecule has 0 aliphatic rings. The number of nitrogens with zero attached hydrogens (tertiary/aromatic N) is 6. The zero-order valence-corrected chi connectivity index (χ0v) is 19.2. The normalized spacial score (nSPS) is 11.1. The van der Waals surface area contributed by atoms with E-state index in [-0.39, 0.29) is 5.78 Å². The van der Waals surface area contributed by atoms with Crippen molar-refractivity contribution in [1.82, 2.24) is 35.4 Å². The van der Waals surface area contributed by atoms with E-state index in [0.717, 1.165) is 60.2 Å². The van der Waals surface area contributed by atoms with Gasteiger partial charge in [0.25, 0.3) is 0 Å². The Balaban J connectivity index is 1.56. The van der Waals surface area contributed by atoms with Gasteiger partial charge < -0.3 is 0 Å². The van der Waals surface area contributed by atoms with Crippen LogP contribution >= 0.6 is 0 Å². The molecule has 170 valence electrons. The molecule has 0 amide bonds. The largest absolute Gasteiger partial charge is 0.291 e. The van der Waals surface area contributed by atoms with E-state index in [2.05, 4.69) is 74.9 Å². The van der Waals surface area contributed by atoms with Crippen molar-refractivity contribution in [2.24, 2.45) is 0 Å². The summed E-state index contributed by atoms with van der Waals surface area (Å²) < 4.78 is 1.89. The molecule has 0 radical (unpaired) electrons. The van der Waals surface area contributed by atoms with Crippen molar-refractivity contribution in [2.75, 3.05) is 0 Å². The quantitative estimate of drug-likeness (QED) is 0.331. The number of hydrogen-bond donors (Lipinski definition) is 1. The third kappa shape index (κ3) is 5.39. The maximum Gasteiger partial charge on any atom is 0.217 e. The molecule has 2 aromatic carbocycles.